The highest BCUT2D eigenvalue weighted by molar-refractivity contribution is 9.10. The van der Waals surface area contributed by atoms with Crippen LogP contribution in [-0.2, 0) is 6.54 Å². The van der Waals surface area contributed by atoms with Crippen LogP contribution in [0.15, 0.2) is 32.8 Å². The second kappa shape index (κ2) is 5.29. The fraction of sp³-hybridized carbons (Fsp3) is 0.182. The molecule has 2 aromatic heterocycles. The normalized spacial score (nSPS) is 10.4. The average molecular weight is 362 g/mol. The van der Waals surface area contributed by atoms with Crippen molar-refractivity contribution >= 4 is 48.9 Å². The first-order valence-electron chi connectivity index (χ1n) is 4.74. The van der Waals surface area contributed by atoms with Crippen LogP contribution in [-0.4, -0.2) is 4.98 Å². The zero-order valence-corrected chi connectivity index (χ0v) is 12.6. The highest BCUT2D eigenvalue weighted by Gasteiger charge is 2.00. The number of halogens is 2. The van der Waals surface area contributed by atoms with Crippen LogP contribution in [0.4, 0.5) is 5.69 Å². The molecule has 0 spiro atoms. The summed E-state index contributed by atoms with van der Waals surface area (Å²) in [5, 5.41) is 5.43. The minimum absolute atomic E-state index is 0.832. The van der Waals surface area contributed by atoms with Crippen LogP contribution in [0.1, 0.15) is 10.4 Å². The topological polar surface area (TPSA) is 24.9 Å². The van der Waals surface area contributed by atoms with Gasteiger partial charge in [0.2, 0.25) is 0 Å². The van der Waals surface area contributed by atoms with E-state index in [0.29, 0.717) is 0 Å². The van der Waals surface area contributed by atoms with Gasteiger partial charge < -0.3 is 5.32 Å². The number of hydrogen-bond donors (Lipinski definition) is 1. The third-order valence-electron chi connectivity index (χ3n) is 2.10. The maximum absolute atomic E-state index is 4.24. The maximum Gasteiger partial charge on any atom is 0.109 e. The quantitative estimate of drug-likeness (QED) is 0.809. The van der Waals surface area contributed by atoms with Gasteiger partial charge in [0.15, 0.2) is 0 Å². The van der Waals surface area contributed by atoms with E-state index in [0.717, 1.165) is 26.9 Å². The van der Waals surface area contributed by atoms with E-state index in [2.05, 4.69) is 59.7 Å². The van der Waals surface area contributed by atoms with Crippen LogP contribution in [0.25, 0.3) is 0 Å². The van der Waals surface area contributed by atoms with Crippen molar-refractivity contribution < 1.29 is 0 Å². The van der Waals surface area contributed by atoms with Crippen molar-refractivity contribution in [1.82, 2.24) is 4.98 Å². The van der Waals surface area contributed by atoms with Gasteiger partial charge in [-0.15, -0.1) is 11.3 Å². The Kier molecular flexibility index (Phi) is 4.00. The van der Waals surface area contributed by atoms with Crippen LogP contribution in [0.2, 0.25) is 0 Å². The second-order valence-electron chi connectivity index (χ2n) is 3.42. The molecule has 2 aromatic rings. The van der Waals surface area contributed by atoms with Crippen molar-refractivity contribution in [3.63, 3.8) is 0 Å². The Hall–Kier alpha value is -0.390. The van der Waals surface area contributed by atoms with Crippen LogP contribution < -0.4 is 5.32 Å². The first-order valence-corrected chi connectivity index (χ1v) is 7.20. The summed E-state index contributed by atoms with van der Waals surface area (Å²) in [6.45, 7) is 2.86. The van der Waals surface area contributed by atoms with Crippen LogP contribution in [0.5, 0.6) is 0 Å². The minimum atomic E-state index is 0.832. The summed E-state index contributed by atoms with van der Waals surface area (Å²) < 4.78 is 2.04. The van der Waals surface area contributed by atoms with Crippen molar-refractivity contribution in [2.75, 3.05) is 5.32 Å². The van der Waals surface area contributed by atoms with Gasteiger partial charge in [-0.2, -0.15) is 0 Å². The number of pyridine rings is 1. The summed E-state index contributed by atoms with van der Waals surface area (Å²) in [7, 11) is 0. The van der Waals surface area contributed by atoms with E-state index < -0.39 is 0 Å². The summed E-state index contributed by atoms with van der Waals surface area (Å²) in [4.78, 5) is 5.54. The first kappa shape index (κ1) is 12.1. The van der Waals surface area contributed by atoms with Crippen molar-refractivity contribution in [3.8, 4) is 0 Å². The molecule has 0 saturated heterocycles. The zero-order valence-electron chi connectivity index (χ0n) is 8.63. The number of anilines is 1. The predicted octanol–water partition coefficient (Wildman–Crippen LogP) is 4.59. The molecule has 0 radical (unpaired) electrons. The van der Waals surface area contributed by atoms with Gasteiger partial charge in [0.1, 0.15) is 4.60 Å². The van der Waals surface area contributed by atoms with Gasteiger partial charge in [-0.1, -0.05) is 0 Å². The van der Waals surface area contributed by atoms with Crippen molar-refractivity contribution in [1.29, 1.82) is 0 Å². The largest absolute Gasteiger partial charge is 0.379 e. The molecule has 0 atom stereocenters. The fourth-order valence-electron chi connectivity index (χ4n) is 1.29. The summed E-state index contributed by atoms with van der Waals surface area (Å²) in [5.74, 6) is 0. The van der Waals surface area contributed by atoms with E-state index in [1.54, 1.807) is 11.3 Å². The molecular formula is C11H10Br2N2S. The number of aromatic nitrogens is 1. The van der Waals surface area contributed by atoms with Crippen molar-refractivity contribution in [2.24, 2.45) is 0 Å². The van der Waals surface area contributed by atoms with Gasteiger partial charge in [0, 0.05) is 21.3 Å². The van der Waals surface area contributed by atoms with Crippen molar-refractivity contribution in [2.45, 2.75) is 13.5 Å². The SMILES string of the molecule is Cc1cc(NCc2cc(Br)cs2)cnc1Br. The number of nitrogens with zero attached hydrogens (tertiary/aromatic N) is 1. The third-order valence-corrected chi connectivity index (χ3v) is 4.63. The van der Waals surface area contributed by atoms with E-state index in [-0.39, 0.29) is 0 Å². The molecular weight excluding hydrogens is 352 g/mol. The number of hydrogen-bond acceptors (Lipinski definition) is 3. The van der Waals surface area contributed by atoms with Crippen LogP contribution >= 0.6 is 43.2 Å². The fourth-order valence-corrected chi connectivity index (χ4v) is 2.90. The van der Waals surface area contributed by atoms with E-state index >= 15 is 0 Å². The first-order chi connectivity index (χ1) is 7.65. The number of aryl methyl sites for hydroxylation is 1. The lowest BCUT2D eigenvalue weighted by molar-refractivity contribution is 1.15. The summed E-state index contributed by atoms with van der Waals surface area (Å²) in [5.41, 5.74) is 2.18. The minimum Gasteiger partial charge on any atom is -0.379 e. The Bertz CT molecular complexity index is 496. The third kappa shape index (κ3) is 3.06. The molecule has 0 saturated carbocycles. The Balaban J connectivity index is 2.02. The lowest BCUT2D eigenvalue weighted by Crippen LogP contribution is -1.98. The molecule has 0 aliphatic rings. The molecule has 5 heteroatoms. The molecule has 0 aliphatic heterocycles. The smallest absolute Gasteiger partial charge is 0.109 e. The zero-order chi connectivity index (χ0) is 11.5. The van der Waals surface area contributed by atoms with E-state index in [1.165, 1.54) is 4.88 Å². The molecule has 16 heavy (non-hydrogen) atoms. The molecule has 0 unspecified atom stereocenters. The van der Waals surface area contributed by atoms with Gasteiger partial charge in [0.25, 0.3) is 0 Å². The van der Waals surface area contributed by atoms with E-state index in [1.807, 2.05) is 13.1 Å². The number of rotatable bonds is 3. The lowest BCUT2D eigenvalue weighted by atomic mass is 10.3. The molecule has 2 nitrogen and oxygen atoms in total. The highest BCUT2D eigenvalue weighted by atomic mass is 79.9. The standard InChI is InChI=1S/C11H10Br2N2S/c1-7-2-9(4-15-11(7)13)14-5-10-3-8(12)6-16-10/h2-4,6,14H,5H2,1H3. The number of nitrogens with one attached hydrogen (secondary N) is 1. The van der Waals surface area contributed by atoms with Gasteiger partial charge in [-0.3, -0.25) is 0 Å². The second-order valence-corrected chi connectivity index (χ2v) is 6.08. The number of thiophene rings is 1. The lowest BCUT2D eigenvalue weighted by Gasteiger charge is -2.05. The van der Waals surface area contributed by atoms with Gasteiger partial charge in [-0.05, 0) is 56.5 Å². The van der Waals surface area contributed by atoms with Gasteiger partial charge in [0.05, 0.1) is 11.9 Å². The summed E-state index contributed by atoms with van der Waals surface area (Å²) in [6, 6.07) is 4.20. The van der Waals surface area contributed by atoms with Crippen LogP contribution in [0, 0.1) is 6.92 Å². The predicted molar refractivity (Wildman–Crippen MR) is 76.0 cm³/mol. The highest BCUT2D eigenvalue weighted by Crippen LogP contribution is 2.22. The van der Waals surface area contributed by atoms with E-state index in [4.69, 9.17) is 0 Å². The molecule has 84 valence electrons. The summed E-state index contributed by atoms with van der Waals surface area (Å²) in [6.07, 6.45) is 1.83. The molecule has 0 bridgehead atoms. The Morgan fingerprint density at radius 1 is 1.38 bits per heavy atom. The van der Waals surface area contributed by atoms with Crippen LogP contribution in [0.3, 0.4) is 0 Å². The van der Waals surface area contributed by atoms with Gasteiger partial charge in [-0.25, -0.2) is 4.98 Å². The molecule has 1 N–H and O–H groups in total. The molecule has 2 rings (SSSR count). The molecule has 2 heterocycles. The molecule has 0 fully saturated rings. The molecule has 0 aliphatic carbocycles. The Morgan fingerprint density at radius 2 is 2.19 bits per heavy atom. The van der Waals surface area contributed by atoms with Gasteiger partial charge >= 0.3 is 0 Å². The Labute approximate surface area is 115 Å². The molecule has 0 amide bonds. The summed E-state index contributed by atoms with van der Waals surface area (Å²) >= 11 is 8.57. The monoisotopic (exact) mass is 360 g/mol. The van der Waals surface area contributed by atoms with Crippen molar-refractivity contribution in [3.05, 3.63) is 43.2 Å². The molecule has 0 aromatic carbocycles. The maximum atomic E-state index is 4.24. The average Bonchev–Trinajstić information content (AvgIpc) is 2.66. The Morgan fingerprint density at radius 3 is 2.81 bits per heavy atom. The van der Waals surface area contributed by atoms with E-state index in [9.17, 15) is 0 Å².